The van der Waals surface area contributed by atoms with Crippen LogP contribution in [0.4, 0.5) is 13.2 Å². The Morgan fingerprint density at radius 2 is 2.14 bits per heavy atom. The summed E-state index contributed by atoms with van der Waals surface area (Å²) in [5, 5.41) is 0. The number of allylic oxidation sites excluding steroid dienone is 1. The molecular weight excluding hydrogens is 191 g/mol. The summed E-state index contributed by atoms with van der Waals surface area (Å²) in [6, 6.07) is 1.58. The van der Waals surface area contributed by atoms with Crippen LogP contribution in [0.2, 0.25) is 0 Å². The van der Waals surface area contributed by atoms with E-state index >= 15 is 0 Å². The molecule has 0 aliphatic heterocycles. The molecule has 0 aliphatic rings. The van der Waals surface area contributed by atoms with Crippen molar-refractivity contribution in [2.45, 2.75) is 19.5 Å². The second-order valence-corrected chi connectivity index (χ2v) is 2.93. The molecule has 4 heteroatoms. The van der Waals surface area contributed by atoms with E-state index in [9.17, 15) is 13.2 Å². The Kier molecular flexibility index (Phi) is 2.93. The Bertz CT molecular complexity index is 342. The van der Waals surface area contributed by atoms with E-state index in [1.807, 2.05) is 0 Å². The Balaban J connectivity index is 3.20. The van der Waals surface area contributed by atoms with Crippen LogP contribution in [0.25, 0.3) is 0 Å². The molecule has 0 saturated heterocycles. The molecule has 0 atom stereocenters. The maximum absolute atomic E-state index is 12.4. The Hall–Kier alpha value is -1.32. The molecule has 1 aromatic rings. The number of aromatic nitrogens is 1. The zero-order chi connectivity index (χ0) is 10.8. The number of hydrogen-bond acceptors (Lipinski definition) is 1. The average Bonchev–Trinajstić information content (AvgIpc) is 2.07. The minimum absolute atomic E-state index is 0.180. The summed E-state index contributed by atoms with van der Waals surface area (Å²) in [6.45, 7) is 4.91. The summed E-state index contributed by atoms with van der Waals surface area (Å²) >= 11 is 0. The summed E-state index contributed by atoms with van der Waals surface area (Å²) in [4.78, 5) is 3.33. The zero-order valence-corrected chi connectivity index (χ0v) is 7.73. The SMILES string of the molecule is C=CCc1ccnc(C(F)(F)F)c1C. The Morgan fingerprint density at radius 1 is 1.50 bits per heavy atom. The van der Waals surface area contributed by atoms with Crippen molar-refractivity contribution in [2.75, 3.05) is 0 Å². The van der Waals surface area contributed by atoms with Gasteiger partial charge in [0, 0.05) is 6.20 Å². The fraction of sp³-hybridized carbons (Fsp3) is 0.300. The van der Waals surface area contributed by atoms with Crippen LogP contribution >= 0.6 is 0 Å². The van der Waals surface area contributed by atoms with Gasteiger partial charge in [0.05, 0.1) is 0 Å². The minimum atomic E-state index is -4.37. The van der Waals surface area contributed by atoms with Crippen molar-refractivity contribution < 1.29 is 13.2 Å². The van der Waals surface area contributed by atoms with Gasteiger partial charge in [-0.3, -0.25) is 4.98 Å². The molecule has 0 N–H and O–H groups in total. The van der Waals surface area contributed by atoms with Crippen LogP contribution in [0.1, 0.15) is 16.8 Å². The molecule has 0 radical (unpaired) electrons. The third-order valence-corrected chi connectivity index (χ3v) is 1.95. The summed E-state index contributed by atoms with van der Waals surface area (Å²) in [5.74, 6) is 0. The van der Waals surface area contributed by atoms with Crippen molar-refractivity contribution in [3.8, 4) is 0 Å². The summed E-state index contributed by atoms with van der Waals surface area (Å²) in [7, 11) is 0. The quantitative estimate of drug-likeness (QED) is 0.670. The first kappa shape index (κ1) is 10.8. The van der Waals surface area contributed by atoms with E-state index in [4.69, 9.17) is 0 Å². The van der Waals surface area contributed by atoms with Gasteiger partial charge in [0.15, 0.2) is 0 Å². The third-order valence-electron chi connectivity index (χ3n) is 1.95. The zero-order valence-electron chi connectivity index (χ0n) is 7.73. The molecule has 0 fully saturated rings. The van der Waals surface area contributed by atoms with Crippen molar-refractivity contribution in [3.63, 3.8) is 0 Å². The lowest BCUT2D eigenvalue weighted by Gasteiger charge is -2.11. The van der Waals surface area contributed by atoms with E-state index < -0.39 is 11.9 Å². The van der Waals surface area contributed by atoms with Crippen LogP contribution in [0.5, 0.6) is 0 Å². The average molecular weight is 201 g/mol. The molecule has 1 nitrogen and oxygen atoms in total. The van der Waals surface area contributed by atoms with Gasteiger partial charge in [-0.2, -0.15) is 13.2 Å². The minimum Gasteiger partial charge on any atom is -0.251 e. The molecule has 1 rings (SSSR count). The first-order valence-corrected chi connectivity index (χ1v) is 4.09. The highest BCUT2D eigenvalue weighted by Gasteiger charge is 2.34. The highest BCUT2D eigenvalue weighted by Crippen LogP contribution is 2.31. The normalized spacial score (nSPS) is 11.4. The van der Waals surface area contributed by atoms with E-state index in [0.29, 0.717) is 12.0 Å². The van der Waals surface area contributed by atoms with Gasteiger partial charge in [-0.15, -0.1) is 6.58 Å². The highest BCUT2D eigenvalue weighted by atomic mass is 19.4. The molecule has 14 heavy (non-hydrogen) atoms. The Labute approximate surface area is 80.3 Å². The number of halogens is 3. The first-order chi connectivity index (χ1) is 6.46. The monoisotopic (exact) mass is 201 g/mol. The van der Waals surface area contributed by atoms with Gasteiger partial charge >= 0.3 is 6.18 Å². The van der Waals surface area contributed by atoms with E-state index in [-0.39, 0.29) is 5.56 Å². The summed E-state index contributed by atoms with van der Waals surface area (Å²) in [6.07, 6.45) is -1.20. The van der Waals surface area contributed by atoms with Gasteiger partial charge < -0.3 is 0 Å². The second-order valence-electron chi connectivity index (χ2n) is 2.93. The molecular formula is C10H10F3N. The van der Waals surface area contributed by atoms with Crippen molar-refractivity contribution in [1.29, 1.82) is 0 Å². The third kappa shape index (κ3) is 2.13. The number of hydrogen-bond donors (Lipinski definition) is 0. The summed E-state index contributed by atoms with van der Waals surface area (Å²) in [5.41, 5.74) is -0.0147. The lowest BCUT2D eigenvalue weighted by Crippen LogP contribution is -2.11. The van der Waals surface area contributed by atoms with Gasteiger partial charge in [0.2, 0.25) is 0 Å². The standard InChI is InChI=1S/C10H10F3N/c1-3-4-8-5-6-14-9(7(8)2)10(11,12)13/h3,5-6H,1,4H2,2H3. The molecule has 1 aromatic heterocycles. The molecule has 76 valence electrons. The van der Waals surface area contributed by atoms with Gasteiger partial charge in [0.1, 0.15) is 5.69 Å². The summed E-state index contributed by atoms with van der Waals surface area (Å²) < 4.78 is 37.1. The maximum Gasteiger partial charge on any atom is 0.433 e. The molecule has 0 aliphatic carbocycles. The second kappa shape index (κ2) is 3.82. The molecule has 0 bridgehead atoms. The number of pyridine rings is 1. The first-order valence-electron chi connectivity index (χ1n) is 4.09. The number of rotatable bonds is 2. The van der Waals surface area contributed by atoms with Crippen LogP contribution in [0.3, 0.4) is 0 Å². The van der Waals surface area contributed by atoms with Crippen molar-refractivity contribution in [1.82, 2.24) is 4.98 Å². The van der Waals surface area contributed by atoms with E-state index in [0.717, 1.165) is 0 Å². The van der Waals surface area contributed by atoms with Crippen molar-refractivity contribution in [2.24, 2.45) is 0 Å². The van der Waals surface area contributed by atoms with Gasteiger partial charge in [-0.1, -0.05) is 6.08 Å². The molecule has 0 unspecified atom stereocenters. The number of nitrogens with zero attached hydrogens (tertiary/aromatic N) is 1. The lowest BCUT2D eigenvalue weighted by atomic mass is 10.1. The van der Waals surface area contributed by atoms with Gasteiger partial charge in [-0.05, 0) is 30.5 Å². The molecule has 0 spiro atoms. The van der Waals surface area contributed by atoms with Crippen LogP contribution in [0, 0.1) is 6.92 Å². The smallest absolute Gasteiger partial charge is 0.251 e. The van der Waals surface area contributed by atoms with Crippen LogP contribution < -0.4 is 0 Å². The predicted octanol–water partition coefficient (Wildman–Crippen LogP) is 3.14. The molecule has 1 heterocycles. The van der Waals surface area contributed by atoms with Gasteiger partial charge in [0.25, 0.3) is 0 Å². The lowest BCUT2D eigenvalue weighted by molar-refractivity contribution is -0.141. The van der Waals surface area contributed by atoms with Crippen molar-refractivity contribution >= 4 is 0 Å². The molecule has 0 amide bonds. The fourth-order valence-electron chi connectivity index (χ4n) is 1.24. The molecule has 0 aromatic carbocycles. The molecule has 0 saturated carbocycles. The van der Waals surface area contributed by atoms with E-state index in [2.05, 4.69) is 11.6 Å². The van der Waals surface area contributed by atoms with E-state index in [1.54, 1.807) is 12.1 Å². The predicted molar refractivity (Wildman–Crippen MR) is 47.9 cm³/mol. The maximum atomic E-state index is 12.4. The number of alkyl halides is 3. The topological polar surface area (TPSA) is 12.9 Å². The Morgan fingerprint density at radius 3 is 2.64 bits per heavy atom. The van der Waals surface area contributed by atoms with Gasteiger partial charge in [-0.25, -0.2) is 0 Å². The van der Waals surface area contributed by atoms with Crippen LogP contribution in [-0.2, 0) is 12.6 Å². The van der Waals surface area contributed by atoms with E-state index in [1.165, 1.54) is 13.1 Å². The fourth-order valence-corrected chi connectivity index (χ4v) is 1.24. The van der Waals surface area contributed by atoms with Crippen LogP contribution in [0.15, 0.2) is 24.9 Å². The van der Waals surface area contributed by atoms with Crippen LogP contribution in [-0.4, -0.2) is 4.98 Å². The highest BCUT2D eigenvalue weighted by molar-refractivity contribution is 5.31. The van der Waals surface area contributed by atoms with Crippen molar-refractivity contribution in [3.05, 3.63) is 41.7 Å². The largest absolute Gasteiger partial charge is 0.433 e.